The monoisotopic (exact) mass is 218 g/mol. The first-order valence-corrected chi connectivity index (χ1v) is 5.41. The van der Waals surface area contributed by atoms with Crippen molar-refractivity contribution in [3.05, 3.63) is 48.6 Å². The van der Waals surface area contributed by atoms with Crippen LogP contribution in [0.4, 0.5) is 0 Å². The predicted molar refractivity (Wildman–Crippen MR) is 65.8 cm³/mol. The second-order valence-corrected chi connectivity index (χ2v) is 3.55. The standard InChI is InChI=1S/C13H18N2O/c1-3-10-15(4-2)13(16)12(14)11-8-6-5-7-9-11/h3,5-9,12H,1,4,10,14H2,2H3/t12-/m1/s1. The minimum atomic E-state index is -0.582. The molecule has 86 valence electrons. The van der Waals surface area contributed by atoms with Gasteiger partial charge < -0.3 is 10.6 Å². The number of hydrogen-bond acceptors (Lipinski definition) is 2. The molecule has 16 heavy (non-hydrogen) atoms. The first-order valence-electron chi connectivity index (χ1n) is 5.41. The molecule has 3 heteroatoms. The third kappa shape index (κ3) is 2.94. The van der Waals surface area contributed by atoms with Gasteiger partial charge in [0.25, 0.3) is 0 Å². The van der Waals surface area contributed by atoms with Gasteiger partial charge in [0.1, 0.15) is 6.04 Å². The molecule has 0 aliphatic heterocycles. The van der Waals surface area contributed by atoms with Gasteiger partial charge in [0.2, 0.25) is 5.91 Å². The average molecular weight is 218 g/mol. The second-order valence-electron chi connectivity index (χ2n) is 3.55. The zero-order valence-electron chi connectivity index (χ0n) is 9.60. The number of carbonyl (C=O) groups excluding carboxylic acids is 1. The highest BCUT2D eigenvalue weighted by Crippen LogP contribution is 2.12. The van der Waals surface area contributed by atoms with Gasteiger partial charge in [0.15, 0.2) is 0 Å². The number of nitrogens with zero attached hydrogens (tertiary/aromatic N) is 1. The summed E-state index contributed by atoms with van der Waals surface area (Å²) in [6.45, 7) is 6.74. The summed E-state index contributed by atoms with van der Waals surface area (Å²) in [5, 5.41) is 0. The third-order valence-corrected chi connectivity index (χ3v) is 2.47. The van der Waals surface area contributed by atoms with Gasteiger partial charge in [-0.15, -0.1) is 6.58 Å². The highest BCUT2D eigenvalue weighted by Gasteiger charge is 2.19. The van der Waals surface area contributed by atoms with Crippen molar-refractivity contribution in [2.75, 3.05) is 13.1 Å². The minimum absolute atomic E-state index is 0.0615. The fourth-order valence-electron chi connectivity index (χ4n) is 1.53. The molecule has 0 saturated heterocycles. The zero-order valence-corrected chi connectivity index (χ0v) is 9.60. The van der Waals surface area contributed by atoms with E-state index in [1.54, 1.807) is 11.0 Å². The Bertz CT molecular complexity index is 348. The van der Waals surface area contributed by atoms with Crippen LogP contribution in [0.3, 0.4) is 0 Å². The summed E-state index contributed by atoms with van der Waals surface area (Å²) in [7, 11) is 0. The Balaban J connectivity index is 2.77. The molecule has 1 aromatic rings. The summed E-state index contributed by atoms with van der Waals surface area (Å²) in [6, 6.07) is 8.82. The minimum Gasteiger partial charge on any atom is -0.338 e. The molecule has 3 nitrogen and oxygen atoms in total. The van der Waals surface area contributed by atoms with Crippen molar-refractivity contribution in [1.29, 1.82) is 0 Å². The molecular formula is C13H18N2O. The fraction of sp³-hybridized carbons (Fsp3) is 0.308. The number of rotatable bonds is 5. The lowest BCUT2D eigenvalue weighted by Crippen LogP contribution is -2.38. The maximum Gasteiger partial charge on any atom is 0.244 e. The van der Waals surface area contributed by atoms with Crippen LogP contribution in [0.25, 0.3) is 0 Å². The molecule has 0 unspecified atom stereocenters. The average Bonchev–Trinajstić information content (AvgIpc) is 2.35. The van der Waals surface area contributed by atoms with E-state index in [0.717, 1.165) is 5.56 Å². The number of nitrogens with two attached hydrogens (primary N) is 1. The Hall–Kier alpha value is -1.61. The van der Waals surface area contributed by atoms with Crippen LogP contribution in [0, 0.1) is 0 Å². The normalized spacial score (nSPS) is 11.9. The van der Waals surface area contributed by atoms with Crippen molar-refractivity contribution in [3.8, 4) is 0 Å². The SMILES string of the molecule is C=CCN(CC)C(=O)[C@H](N)c1ccccc1. The zero-order chi connectivity index (χ0) is 12.0. The Morgan fingerprint density at radius 3 is 2.62 bits per heavy atom. The number of likely N-dealkylation sites (N-methyl/N-ethyl adjacent to an activating group) is 1. The smallest absolute Gasteiger partial charge is 0.244 e. The van der Waals surface area contributed by atoms with Crippen LogP contribution in [0.1, 0.15) is 18.5 Å². The van der Waals surface area contributed by atoms with Gasteiger partial charge in [0.05, 0.1) is 0 Å². The summed E-state index contributed by atoms with van der Waals surface area (Å²) >= 11 is 0. The molecule has 1 atom stereocenters. The van der Waals surface area contributed by atoms with Crippen molar-refractivity contribution in [2.45, 2.75) is 13.0 Å². The Kier molecular flexibility index (Phi) is 4.73. The fourth-order valence-corrected chi connectivity index (χ4v) is 1.53. The Labute approximate surface area is 96.6 Å². The van der Waals surface area contributed by atoms with E-state index in [0.29, 0.717) is 13.1 Å². The van der Waals surface area contributed by atoms with Gasteiger partial charge in [0, 0.05) is 13.1 Å². The van der Waals surface area contributed by atoms with E-state index in [1.807, 2.05) is 37.3 Å². The maximum atomic E-state index is 12.0. The molecule has 1 amide bonds. The van der Waals surface area contributed by atoms with Crippen LogP contribution in [0.15, 0.2) is 43.0 Å². The molecule has 0 aliphatic rings. The van der Waals surface area contributed by atoms with Crippen molar-refractivity contribution in [1.82, 2.24) is 4.90 Å². The third-order valence-electron chi connectivity index (χ3n) is 2.47. The molecule has 2 N–H and O–H groups in total. The molecule has 1 rings (SSSR count). The van der Waals surface area contributed by atoms with E-state index < -0.39 is 6.04 Å². The van der Waals surface area contributed by atoms with Gasteiger partial charge in [-0.25, -0.2) is 0 Å². The number of amides is 1. The quantitative estimate of drug-likeness (QED) is 0.765. The number of benzene rings is 1. The molecule has 1 aromatic carbocycles. The van der Waals surface area contributed by atoms with E-state index in [-0.39, 0.29) is 5.91 Å². The van der Waals surface area contributed by atoms with E-state index >= 15 is 0 Å². The van der Waals surface area contributed by atoms with Crippen LogP contribution in [-0.4, -0.2) is 23.9 Å². The van der Waals surface area contributed by atoms with Crippen molar-refractivity contribution < 1.29 is 4.79 Å². The lowest BCUT2D eigenvalue weighted by atomic mass is 10.1. The summed E-state index contributed by atoms with van der Waals surface area (Å²) in [5.41, 5.74) is 6.76. The number of carbonyl (C=O) groups is 1. The summed E-state index contributed by atoms with van der Waals surface area (Å²) < 4.78 is 0. The van der Waals surface area contributed by atoms with Crippen LogP contribution >= 0.6 is 0 Å². The number of hydrogen-bond donors (Lipinski definition) is 1. The van der Waals surface area contributed by atoms with Crippen LogP contribution in [0.2, 0.25) is 0 Å². The van der Waals surface area contributed by atoms with Crippen molar-refractivity contribution >= 4 is 5.91 Å². The summed E-state index contributed by atoms with van der Waals surface area (Å²) in [5.74, 6) is -0.0615. The van der Waals surface area contributed by atoms with Gasteiger partial charge in [-0.2, -0.15) is 0 Å². The highest BCUT2D eigenvalue weighted by atomic mass is 16.2. The first kappa shape index (κ1) is 12.5. The van der Waals surface area contributed by atoms with Crippen molar-refractivity contribution in [3.63, 3.8) is 0 Å². The van der Waals surface area contributed by atoms with Crippen LogP contribution in [-0.2, 0) is 4.79 Å². The topological polar surface area (TPSA) is 46.3 Å². The highest BCUT2D eigenvalue weighted by molar-refractivity contribution is 5.83. The molecule has 0 heterocycles. The Morgan fingerprint density at radius 1 is 1.50 bits per heavy atom. The van der Waals surface area contributed by atoms with E-state index in [4.69, 9.17) is 5.73 Å². The molecule has 0 bridgehead atoms. The van der Waals surface area contributed by atoms with Crippen LogP contribution in [0.5, 0.6) is 0 Å². The van der Waals surface area contributed by atoms with E-state index in [2.05, 4.69) is 6.58 Å². The molecular weight excluding hydrogens is 200 g/mol. The van der Waals surface area contributed by atoms with E-state index in [9.17, 15) is 4.79 Å². The molecule has 0 aliphatic carbocycles. The maximum absolute atomic E-state index is 12.0. The largest absolute Gasteiger partial charge is 0.338 e. The predicted octanol–water partition coefficient (Wildman–Crippen LogP) is 1.72. The first-order chi connectivity index (χ1) is 7.70. The summed E-state index contributed by atoms with van der Waals surface area (Å²) in [4.78, 5) is 13.7. The van der Waals surface area contributed by atoms with Crippen LogP contribution < -0.4 is 5.73 Å². The Morgan fingerprint density at radius 2 is 2.12 bits per heavy atom. The van der Waals surface area contributed by atoms with Gasteiger partial charge >= 0.3 is 0 Å². The van der Waals surface area contributed by atoms with Gasteiger partial charge in [-0.05, 0) is 12.5 Å². The van der Waals surface area contributed by atoms with Gasteiger partial charge in [-0.3, -0.25) is 4.79 Å². The van der Waals surface area contributed by atoms with E-state index in [1.165, 1.54) is 0 Å². The molecule has 0 spiro atoms. The second kappa shape index (κ2) is 6.08. The summed E-state index contributed by atoms with van der Waals surface area (Å²) in [6.07, 6.45) is 1.71. The molecule has 0 radical (unpaired) electrons. The van der Waals surface area contributed by atoms with Gasteiger partial charge in [-0.1, -0.05) is 36.4 Å². The molecule has 0 aromatic heterocycles. The van der Waals surface area contributed by atoms with Crippen molar-refractivity contribution in [2.24, 2.45) is 5.73 Å². The lowest BCUT2D eigenvalue weighted by Gasteiger charge is -2.23. The molecule has 0 fully saturated rings. The lowest BCUT2D eigenvalue weighted by molar-refractivity contribution is -0.132. The molecule has 0 saturated carbocycles.